The van der Waals surface area contributed by atoms with Gasteiger partial charge in [0, 0.05) is 40.8 Å². The van der Waals surface area contributed by atoms with Crippen LogP contribution < -0.4 is 5.32 Å². The largest absolute Gasteiger partial charge is 0.380 e. The maximum absolute atomic E-state index is 4.16. The molecule has 0 unspecified atom stereocenters. The van der Waals surface area contributed by atoms with E-state index in [2.05, 4.69) is 35.7 Å². The van der Waals surface area contributed by atoms with E-state index < -0.39 is 0 Å². The molecular formula is C15H17N3S. The molecule has 0 saturated carbocycles. The molecule has 0 atom stereocenters. The number of hydrogen-bond donors (Lipinski definition) is 1. The van der Waals surface area contributed by atoms with Gasteiger partial charge in [0.15, 0.2) is 0 Å². The Hall–Kier alpha value is -1.94. The SMILES string of the molecule is C=CCSc1ccccc1NCc1cnn(C=C)c1. The lowest BCUT2D eigenvalue weighted by Crippen LogP contribution is -1.99. The van der Waals surface area contributed by atoms with Crippen molar-refractivity contribution >= 4 is 23.6 Å². The van der Waals surface area contributed by atoms with Crippen LogP contribution in [0.4, 0.5) is 5.69 Å². The first-order valence-corrected chi connectivity index (χ1v) is 7.04. The molecule has 0 aliphatic heterocycles. The molecule has 98 valence electrons. The molecule has 0 fully saturated rings. The molecular weight excluding hydrogens is 254 g/mol. The molecule has 0 aliphatic carbocycles. The Morgan fingerprint density at radius 3 is 2.89 bits per heavy atom. The molecule has 0 bridgehead atoms. The van der Waals surface area contributed by atoms with Gasteiger partial charge in [-0.2, -0.15) is 5.10 Å². The molecule has 0 amide bonds. The van der Waals surface area contributed by atoms with Gasteiger partial charge in [0.05, 0.1) is 6.20 Å². The third kappa shape index (κ3) is 3.76. The lowest BCUT2D eigenvalue weighted by molar-refractivity contribution is 0.936. The third-order valence-corrected chi connectivity index (χ3v) is 3.64. The number of thioether (sulfide) groups is 1. The summed E-state index contributed by atoms with van der Waals surface area (Å²) in [5, 5.41) is 7.59. The summed E-state index contributed by atoms with van der Waals surface area (Å²) < 4.78 is 1.70. The minimum atomic E-state index is 0.750. The highest BCUT2D eigenvalue weighted by molar-refractivity contribution is 7.99. The number of rotatable bonds is 7. The van der Waals surface area contributed by atoms with E-state index in [1.54, 1.807) is 22.6 Å². The molecule has 0 radical (unpaired) electrons. The predicted octanol–water partition coefficient (Wildman–Crippen LogP) is 3.87. The summed E-state index contributed by atoms with van der Waals surface area (Å²) in [5.41, 5.74) is 2.27. The molecule has 19 heavy (non-hydrogen) atoms. The van der Waals surface area contributed by atoms with Crippen molar-refractivity contribution in [3.8, 4) is 0 Å². The molecule has 4 heteroatoms. The number of hydrogen-bond acceptors (Lipinski definition) is 3. The summed E-state index contributed by atoms with van der Waals surface area (Å²) in [4.78, 5) is 1.23. The van der Waals surface area contributed by atoms with Crippen molar-refractivity contribution in [2.45, 2.75) is 11.4 Å². The van der Waals surface area contributed by atoms with Crippen molar-refractivity contribution in [3.05, 3.63) is 61.5 Å². The first kappa shape index (κ1) is 13.5. The van der Waals surface area contributed by atoms with Gasteiger partial charge in [-0.25, -0.2) is 4.68 Å². The number of para-hydroxylation sites is 1. The van der Waals surface area contributed by atoms with E-state index >= 15 is 0 Å². The molecule has 1 N–H and O–H groups in total. The lowest BCUT2D eigenvalue weighted by atomic mass is 10.3. The van der Waals surface area contributed by atoms with E-state index in [0.29, 0.717) is 0 Å². The van der Waals surface area contributed by atoms with E-state index in [1.165, 1.54) is 4.90 Å². The summed E-state index contributed by atoms with van der Waals surface area (Å²) in [6.07, 6.45) is 7.39. The molecule has 2 rings (SSSR count). The highest BCUT2D eigenvalue weighted by atomic mass is 32.2. The van der Waals surface area contributed by atoms with Gasteiger partial charge in [0.2, 0.25) is 0 Å². The molecule has 1 aromatic heterocycles. The maximum Gasteiger partial charge on any atom is 0.0543 e. The van der Waals surface area contributed by atoms with Gasteiger partial charge in [-0.1, -0.05) is 24.8 Å². The number of aromatic nitrogens is 2. The van der Waals surface area contributed by atoms with Crippen LogP contribution >= 0.6 is 11.8 Å². The summed E-state index contributed by atoms with van der Waals surface area (Å²) in [7, 11) is 0. The molecule has 0 aliphatic rings. The van der Waals surface area contributed by atoms with E-state index in [4.69, 9.17) is 0 Å². The van der Waals surface area contributed by atoms with E-state index in [1.807, 2.05) is 30.6 Å². The van der Waals surface area contributed by atoms with Crippen LogP contribution in [0.2, 0.25) is 0 Å². The Bertz CT molecular complexity index is 560. The Kier molecular flexibility index (Phi) is 4.86. The summed E-state index contributed by atoms with van der Waals surface area (Å²) in [6.45, 7) is 8.18. The first-order chi connectivity index (χ1) is 9.33. The van der Waals surface area contributed by atoms with Gasteiger partial charge >= 0.3 is 0 Å². The lowest BCUT2D eigenvalue weighted by Gasteiger charge is -2.10. The second kappa shape index (κ2) is 6.85. The van der Waals surface area contributed by atoms with Crippen molar-refractivity contribution in [3.63, 3.8) is 0 Å². The Balaban J connectivity index is 2.02. The van der Waals surface area contributed by atoms with Crippen LogP contribution in [0.3, 0.4) is 0 Å². The van der Waals surface area contributed by atoms with Crippen LogP contribution in [-0.2, 0) is 6.54 Å². The molecule has 2 aromatic rings. The van der Waals surface area contributed by atoms with Gasteiger partial charge in [0.1, 0.15) is 0 Å². The van der Waals surface area contributed by atoms with E-state index in [0.717, 1.165) is 23.5 Å². The molecule has 1 aromatic carbocycles. The van der Waals surface area contributed by atoms with Crippen LogP contribution in [0.5, 0.6) is 0 Å². The fraction of sp³-hybridized carbons (Fsp3) is 0.133. The van der Waals surface area contributed by atoms with Gasteiger partial charge in [-0.05, 0) is 12.1 Å². The summed E-state index contributed by atoms with van der Waals surface area (Å²) in [6, 6.07) is 8.28. The smallest absolute Gasteiger partial charge is 0.0543 e. The second-order valence-corrected chi connectivity index (χ2v) is 5.02. The average Bonchev–Trinajstić information content (AvgIpc) is 2.91. The molecule has 0 spiro atoms. The fourth-order valence-corrected chi connectivity index (χ4v) is 2.42. The summed E-state index contributed by atoms with van der Waals surface area (Å²) >= 11 is 1.77. The van der Waals surface area contributed by atoms with Gasteiger partial charge in [0.25, 0.3) is 0 Å². The van der Waals surface area contributed by atoms with Crippen molar-refractivity contribution < 1.29 is 0 Å². The zero-order valence-electron chi connectivity index (χ0n) is 10.7. The van der Waals surface area contributed by atoms with Gasteiger partial charge < -0.3 is 5.32 Å². The van der Waals surface area contributed by atoms with Crippen LogP contribution in [-0.4, -0.2) is 15.5 Å². The average molecular weight is 271 g/mol. The quantitative estimate of drug-likeness (QED) is 0.612. The number of anilines is 1. The van der Waals surface area contributed by atoms with Crippen molar-refractivity contribution in [1.29, 1.82) is 0 Å². The first-order valence-electron chi connectivity index (χ1n) is 6.05. The Morgan fingerprint density at radius 2 is 2.16 bits per heavy atom. The molecule has 0 saturated heterocycles. The highest BCUT2D eigenvalue weighted by Gasteiger charge is 2.02. The third-order valence-electron chi connectivity index (χ3n) is 2.57. The maximum atomic E-state index is 4.16. The van der Waals surface area contributed by atoms with E-state index in [-0.39, 0.29) is 0 Å². The fourth-order valence-electron chi connectivity index (χ4n) is 1.65. The minimum Gasteiger partial charge on any atom is -0.380 e. The molecule has 1 heterocycles. The number of nitrogens with zero attached hydrogens (tertiary/aromatic N) is 2. The van der Waals surface area contributed by atoms with Crippen LogP contribution in [0.15, 0.2) is 60.8 Å². The van der Waals surface area contributed by atoms with Crippen molar-refractivity contribution in [1.82, 2.24) is 9.78 Å². The molecule has 3 nitrogen and oxygen atoms in total. The van der Waals surface area contributed by atoms with Gasteiger partial charge in [-0.3, -0.25) is 0 Å². The summed E-state index contributed by atoms with van der Waals surface area (Å²) in [5.74, 6) is 0.910. The van der Waals surface area contributed by atoms with Gasteiger partial charge in [-0.15, -0.1) is 18.3 Å². The van der Waals surface area contributed by atoms with Crippen LogP contribution in [0, 0.1) is 0 Å². The zero-order chi connectivity index (χ0) is 13.5. The Labute approximate surface area is 118 Å². The number of nitrogens with one attached hydrogen (secondary N) is 1. The van der Waals surface area contributed by atoms with Crippen LogP contribution in [0.25, 0.3) is 6.20 Å². The normalized spacial score (nSPS) is 10.1. The minimum absolute atomic E-state index is 0.750. The standard InChI is InChI=1S/C15H17N3S/c1-3-9-19-15-8-6-5-7-14(15)16-10-13-11-17-18(4-2)12-13/h3-8,11-12,16H,1-2,9-10H2. The Morgan fingerprint density at radius 1 is 1.32 bits per heavy atom. The second-order valence-electron chi connectivity index (χ2n) is 3.96. The monoisotopic (exact) mass is 271 g/mol. The highest BCUT2D eigenvalue weighted by Crippen LogP contribution is 2.27. The zero-order valence-corrected chi connectivity index (χ0v) is 11.6. The van der Waals surface area contributed by atoms with E-state index in [9.17, 15) is 0 Å². The van der Waals surface area contributed by atoms with Crippen molar-refractivity contribution in [2.75, 3.05) is 11.1 Å². The topological polar surface area (TPSA) is 29.9 Å². The van der Waals surface area contributed by atoms with Crippen molar-refractivity contribution in [2.24, 2.45) is 0 Å². The number of benzene rings is 1. The predicted molar refractivity (Wildman–Crippen MR) is 83.3 cm³/mol. The van der Waals surface area contributed by atoms with Crippen LogP contribution in [0.1, 0.15) is 5.56 Å².